The monoisotopic (exact) mass is 300 g/mol. The van der Waals surface area contributed by atoms with E-state index >= 15 is 0 Å². The lowest BCUT2D eigenvalue weighted by atomic mass is 10.2. The lowest BCUT2D eigenvalue weighted by Gasteiger charge is -2.24. The second-order valence-electron chi connectivity index (χ2n) is 4.69. The van der Waals surface area contributed by atoms with Crippen molar-refractivity contribution in [3.8, 4) is 23.0 Å². The molecule has 0 N–H and O–H groups in total. The van der Waals surface area contributed by atoms with Crippen LogP contribution in [0.25, 0.3) is 0 Å². The molecule has 0 fully saturated rings. The van der Waals surface area contributed by atoms with Crippen molar-refractivity contribution in [1.29, 1.82) is 0 Å². The van der Waals surface area contributed by atoms with E-state index in [-0.39, 0.29) is 6.61 Å². The number of rotatable bonds is 4. The minimum Gasteiger partial charge on any atom is -0.494 e. The fourth-order valence-corrected chi connectivity index (χ4v) is 2.09. The van der Waals surface area contributed by atoms with E-state index in [4.69, 9.17) is 18.9 Å². The third-order valence-corrected chi connectivity index (χ3v) is 3.12. The molecule has 0 saturated heterocycles. The Morgan fingerprint density at radius 3 is 2.50 bits per heavy atom. The van der Waals surface area contributed by atoms with Crippen LogP contribution >= 0.6 is 0 Å². The third kappa shape index (κ3) is 3.14. The summed E-state index contributed by atoms with van der Waals surface area (Å²) in [6.45, 7) is 2.63. The average Bonchev–Trinajstić information content (AvgIpc) is 2.56. The zero-order valence-corrected chi connectivity index (χ0v) is 12.2. The Balaban J connectivity index is 1.63. The van der Waals surface area contributed by atoms with Gasteiger partial charge in [-0.2, -0.15) is 0 Å². The van der Waals surface area contributed by atoms with E-state index in [0.717, 1.165) is 5.75 Å². The van der Waals surface area contributed by atoms with Crippen LogP contribution in [0, 0.1) is 0 Å². The zero-order chi connectivity index (χ0) is 15.4. The third-order valence-electron chi connectivity index (χ3n) is 3.12. The molecule has 0 spiro atoms. The lowest BCUT2D eigenvalue weighted by molar-refractivity contribution is -0.144. The minimum atomic E-state index is -0.776. The van der Waals surface area contributed by atoms with E-state index < -0.39 is 12.1 Å². The molecule has 2 aromatic rings. The van der Waals surface area contributed by atoms with Gasteiger partial charge in [-0.05, 0) is 43.3 Å². The first kappa shape index (κ1) is 14.3. The second kappa shape index (κ2) is 6.39. The van der Waals surface area contributed by atoms with Crippen molar-refractivity contribution in [3.63, 3.8) is 0 Å². The molecule has 1 heterocycles. The van der Waals surface area contributed by atoms with Crippen LogP contribution in [0.4, 0.5) is 0 Å². The summed E-state index contributed by atoms with van der Waals surface area (Å²) < 4.78 is 21.7. The number of ether oxygens (including phenoxy) is 4. The van der Waals surface area contributed by atoms with Gasteiger partial charge in [0.05, 0.1) is 6.61 Å². The normalized spacial score (nSPS) is 16.0. The van der Waals surface area contributed by atoms with Crippen molar-refractivity contribution < 1.29 is 23.7 Å². The molecule has 22 heavy (non-hydrogen) atoms. The smallest absolute Gasteiger partial charge is 0.356 e. The summed E-state index contributed by atoms with van der Waals surface area (Å²) in [4.78, 5) is 12.1. The molecule has 2 aromatic carbocycles. The van der Waals surface area contributed by atoms with Gasteiger partial charge in [0.1, 0.15) is 18.1 Å². The van der Waals surface area contributed by atoms with Crippen LogP contribution in [-0.4, -0.2) is 25.3 Å². The number of carbonyl (C=O) groups excluding carboxylic acids is 1. The van der Waals surface area contributed by atoms with Crippen LogP contribution < -0.4 is 18.9 Å². The van der Waals surface area contributed by atoms with E-state index in [1.165, 1.54) is 0 Å². The summed E-state index contributed by atoms with van der Waals surface area (Å²) in [6.07, 6.45) is -0.776. The number of carbonyl (C=O) groups is 1. The van der Waals surface area contributed by atoms with Crippen molar-refractivity contribution >= 4 is 5.97 Å². The predicted octanol–water partition coefficient (Wildman–Crippen LogP) is 2.83. The fourth-order valence-electron chi connectivity index (χ4n) is 2.09. The number of benzene rings is 2. The molecule has 0 aromatic heterocycles. The van der Waals surface area contributed by atoms with Crippen LogP contribution in [0.2, 0.25) is 0 Å². The Bertz CT molecular complexity index is 650. The first-order valence-corrected chi connectivity index (χ1v) is 7.09. The van der Waals surface area contributed by atoms with Crippen molar-refractivity contribution in [1.82, 2.24) is 0 Å². The molecule has 0 radical (unpaired) electrons. The zero-order valence-electron chi connectivity index (χ0n) is 12.2. The van der Waals surface area contributed by atoms with Gasteiger partial charge >= 0.3 is 5.97 Å². The van der Waals surface area contributed by atoms with Gasteiger partial charge in [-0.1, -0.05) is 12.1 Å². The van der Waals surface area contributed by atoms with Gasteiger partial charge in [0.2, 0.25) is 6.10 Å². The molecular formula is C17H16O5. The number of para-hydroxylation sites is 2. The highest BCUT2D eigenvalue weighted by Crippen LogP contribution is 2.31. The Hall–Kier alpha value is -2.69. The van der Waals surface area contributed by atoms with Crippen LogP contribution in [0.1, 0.15) is 6.92 Å². The molecule has 0 amide bonds. The van der Waals surface area contributed by atoms with Gasteiger partial charge in [0.25, 0.3) is 0 Å². The molecule has 114 valence electrons. The van der Waals surface area contributed by atoms with E-state index in [0.29, 0.717) is 23.9 Å². The van der Waals surface area contributed by atoms with E-state index in [1.54, 1.807) is 36.4 Å². The summed E-state index contributed by atoms with van der Waals surface area (Å²) >= 11 is 0. The molecule has 5 nitrogen and oxygen atoms in total. The minimum absolute atomic E-state index is 0.132. The first-order chi connectivity index (χ1) is 10.8. The molecule has 1 atom stereocenters. The Morgan fingerprint density at radius 2 is 1.77 bits per heavy atom. The molecular weight excluding hydrogens is 284 g/mol. The largest absolute Gasteiger partial charge is 0.494 e. The van der Waals surface area contributed by atoms with Crippen LogP contribution in [-0.2, 0) is 4.79 Å². The summed E-state index contributed by atoms with van der Waals surface area (Å²) in [6, 6.07) is 14.1. The quantitative estimate of drug-likeness (QED) is 0.642. The van der Waals surface area contributed by atoms with E-state index in [1.807, 2.05) is 19.1 Å². The highest BCUT2D eigenvalue weighted by atomic mass is 16.6. The molecule has 3 rings (SSSR count). The molecule has 0 bridgehead atoms. The molecule has 0 aliphatic carbocycles. The Morgan fingerprint density at radius 1 is 1.09 bits per heavy atom. The second-order valence-corrected chi connectivity index (χ2v) is 4.69. The maximum absolute atomic E-state index is 12.1. The van der Waals surface area contributed by atoms with Gasteiger partial charge in [0.15, 0.2) is 11.5 Å². The Kier molecular flexibility index (Phi) is 4.14. The van der Waals surface area contributed by atoms with Crippen molar-refractivity contribution in [2.24, 2.45) is 0 Å². The van der Waals surface area contributed by atoms with Gasteiger partial charge in [-0.3, -0.25) is 0 Å². The number of hydrogen-bond donors (Lipinski definition) is 0. The standard InChI is InChI=1S/C17H16O5/c1-2-19-12-7-9-13(10-8-12)21-17(18)16-11-20-14-5-3-4-6-15(14)22-16/h3-10,16H,2,11H2,1H3/t16-/m0/s1. The van der Waals surface area contributed by atoms with Crippen LogP contribution in [0.3, 0.4) is 0 Å². The maximum Gasteiger partial charge on any atom is 0.356 e. The summed E-state index contributed by atoms with van der Waals surface area (Å²) in [5, 5.41) is 0. The van der Waals surface area contributed by atoms with Crippen molar-refractivity contribution in [2.45, 2.75) is 13.0 Å². The summed E-state index contributed by atoms with van der Waals surface area (Å²) in [7, 11) is 0. The number of hydrogen-bond acceptors (Lipinski definition) is 5. The lowest BCUT2D eigenvalue weighted by Crippen LogP contribution is -2.39. The highest BCUT2D eigenvalue weighted by Gasteiger charge is 2.29. The molecule has 0 saturated carbocycles. The number of fused-ring (bicyclic) bond motifs is 1. The Labute approximate surface area is 128 Å². The van der Waals surface area contributed by atoms with Gasteiger partial charge in [-0.15, -0.1) is 0 Å². The summed E-state index contributed by atoms with van der Waals surface area (Å²) in [5.74, 6) is 1.86. The molecule has 1 aliphatic heterocycles. The topological polar surface area (TPSA) is 54.0 Å². The average molecular weight is 300 g/mol. The van der Waals surface area contributed by atoms with Crippen molar-refractivity contribution in [3.05, 3.63) is 48.5 Å². The molecule has 0 unspecified atom stereocenters. The fraction of sp³-hybridized carbons (Fsp3) is 0.235. The van der Waals surface area contributed by atoms with E-state index in [9.17, 15) is 4.79 Å². The van der Waals surface area contributed by atoms with Gasteiger partial charge < -0.3 is 18.9 Å². The summed E-state index contributed by atoms with van der Waals surface area (Å²) in [5.41, 5.74) is 0. The predicted molar refractivity (Wildman–Crippen MR) is 79.6 cm³/mol. The maximum atomic E-state index is 12.1. The first-order valence-electron chi connectivity index (χ1n) is 7.09. The SMILES string of the molecule is CCOc1ccc(OC(=O)[C@@H]2COc3ccccc3O2)cc1. The van der Waals surface area contributed by atoms with Crippen molar-refractivity contribution in [2.75, 3.05) is 13.2 Å². The number of esters is 1. The van der Waals surface area contributed by atoms with Crippen LogP contribution in [0.15, 0.2) is 48.5 Å². The van der Waals surface area contributed by atoms with E-state index in [2.05, 4.69) is 0 Å². The van der Waals surface area contributed by atoms with Gasteiger partial charge in [0, 0.05) is 0 Å². The highest BCUT2D eigenvalue weighted by molar-refractivity contribution is 5.78. The molecule has 5 heteroatoms. The van der Waals surface area contributed by atoms with Gasteiger partial charge in [-0.25, -0.2) is 4.79 Å². The van der Waals surface area contributed by atoms with Crippen LogP contribution in [0.5, 0.6) is 23.0 Å². The molecule has 1 aliphatic rings.